The molecule has 33 heavy (non-hydrogen) atoms. The Morgan fingerprint density at radius 1 is 0.879 bits per heavy atom. The van der Waals surface area contributed by atoms with Gasteiger partial charge in [-0.15, -0.1) is 0 Å². The predicted octanol–water partition coefficient (Wildman–Crippen LogP) is 5.85. The van der Waals surface area contributed by atoms with E-state index >= 15 is 0 Å². The average molecular weight is 445 g/mol. The van der Waals surface area contributed by atoms with Crippen LogP contribution in [0.2, 0.25) is 0 Å². The van der Waals surface area contributed by atoms with Crippen LogP contribution in [0.4, 0.5) is 11.4 Å². The zero-order chi connectivity index (χ0) is 23.2. The molecule has 0 bridgehead atoms. The molecule has 0 unspecified atom stereocenters. The Hall–Kier alpha value is -3.31. The van der Waals surface area contributed by atoms with Gasteiger partial charge in [-0.3, -0.25) is 14.6 Å². The van der Waals surface area contributed by atoms with Crippen molar-refractivity contribution in [2.75, 3.05) is 31.1 Å². The standard InChI is InChI=1S/C28H32N2O3/c1-21-18-22(2)20-23(19-21)28(32)30(24-6-10-26(31)11-7-24)25-8-12-27(13-9-25)33-17-16-29-14-4-3-5-15-29/h6-13,18-20,31H,3-5,14-17H2,1-2H3. The van der Waals surface area contributed by atoms with Gasteiger partial charge < -0.3 is 9.84 Å². The van der Waals surface area contributed by atoms with Crippen LogP contribution in [0.5, 0.6) is 11.5 Å². The number of piperidine rings is 1. The Kier molecular flexibility index (Phi) is 7.30. The zero-order valence-corrected chi connectivity index (χ0v) is 19.5. The summed E-state index contributed by atoms with van der Waals surface area (Å²) in [4.78, 5) is 17.7. The first kappa shape index (κ1) is 22.9. The first-order valence-electron chi connectivity index (χ1n) is 11.7. The van der Waals surface area contributed by atoms with Crippen molar-refractivity contribution in [3.05, 3.63) is 83.4 Å². The first-order valence-corrected chi connectivity index (χ1v) is 11.7. The SMILES string of the molecule is Cc1cc(C)cc(C(=O)N(c2ccc(O)cc2)c2ccc(OCCN3CCCCC3)cc2)c1. The summed E-state index contributed by atoms with van der Waals surface area (Å²) in [5.74, 6) is 0.835. The second kappa shape index (κ2) is 10.5. The Balaban J connectivity index is 1.53. The van der Waals surface area contributed by atoms with Gasteiger partial charge in [-0.25, -0.2) is 0 Å². The lowest BCUT2D eigenvalue weighted by Crippen LogP contribution is -2.33. The molecular formula is C28H32N2O3. The summed E-state index contributed by atoms with van der Waals surface area (Å²) >= 11 is 0. The van der Waals surface area contributed by atoms with Crippen LogP contribution in [0.25, 0.3) is 0 Å². The molecule has 0 radical (unpaired) electrons. The van der Waals surface area contributed by atoms with Gasteiger partial charge in [-0.05, 0) is 100 Å². The van der Waals surface area contributed by atoms with E-state index in [1.165, 1.54) is 19.3 Å². The van der Waals surface area contributed by atoms with Gasteiger partial charge in [0.05, 0.1) is 0 Å². The number of benzene rings is 3. The van der Waals surface area contributed by atoms with Crippen LogP contribution in [-0.2, 0) is 0 Å². The van der Waals surface area contributed by atoms with Gasteiger partial charge in [0, 0.05) is 23.5 Å². The second-order valence-electron chi connectivity index (χ2n) is 8.78. The summed E-state index contributed by atoms with van der Waals surface area (Å²) in [5, 5.41) is 9.73. The molecule has 0 spiro atoms. The van der Waals surface area contributed by atoms with Crippen LogP contribution in [-0.4, -0.2) is 42.2 Å². The quantitative estimate of drug-likeness (QED) is 0.496. The van der Waals surface area contributed by atoms with Crippen LogP contribution >= 0.6 is 0 Å². The molecule has 0 aromatic heterocycles. The molecule has 4 rings (SSSR count). The first-order chi connectivity index (χ1) is 16.0. The molecule has 172 valence electrons. The van der Waals surface area contributed by atoms with Gasteiger partial charge in [-0.1, -0.05) is 23.6 Å². The van der Waals surface area contributed by atoms with Crippen molar-refractivity contribution in [3.63, 3.8) is 0 Å². The lowest BCUT2D eigenvalue weighted by molar-refractivity contribution is 0.0999. The maximum atomic E-state index is 13.6. The minimum atomic E-state index is -0.119. The highest BCUT2D eigenvalue weighted by molar-refractivity contribution is 6.11. The fraction of sp³-hybridized carbons (Fsp3) is 0.321. The summed E-state index contributed by atoms with van der Waals surface area (Å²) in [6.07, 6.45) is 3.88. The second-order valence-corrected chi connectivity index (χ2v) is 8.78. The fourth-order valence-corrected chi connectivity index (χ4v) is 4.38. The molecule has 1 N–H and O–H groups in total. The number of hydrogen-bond acceptors (Lipinski definition) is 4. The number of phenolic OH excluding ortho intramolecular Hbond substituents is 1. The van der Waals surface area contributed by atoms with Crippen LogP contribution in [0.1, 0.15) is 40.7 Å². The number of ether oxygens (including phenoxy) is 1. The Morgan fingerprint density at radius 3 is 2.06 bits per heavy atom. The fourth-order valence-electron chi connectivity index (χ4n) is 4.38. The molecule has 1 aliphatic rings. The van der Waals surface area contributed by atoms with Crippen LogP contribution in [0, 0.1) is 13.8 Å². The highest BCUT2D eigenvalue weighted by Crippen LogP contribution is 2.31. The normalized spacial score (nSPS) is 14.1. The minimum Gasteiger partial charge on any atom is -0.508 e. The van der Waals surface area contributed by atoms with Crippen molar-refractivity contribution in [1.82, 2.24) is 4.90 Å². The molecule has 1 heterocycles. The lowest BCUT2D eigenvalue weighted by Gasteiger charge is -2.26. The number of aryl methyl sites for hydroxylation is 2. The van der Waals surface area contributed by atoms with Crippen molar-refractivity contribution in [2.45, 2.75) is 33.1 Å². The molecule has 0 saturated carbocycles. The highest BCUT2D eigenvalue weighted by atomic mass is 16.5. The number of amides is 1. The van der Waals surface area contributed by atoms with Gasteiger partial charge in [0.15, 0.2) is 0 Å². The summed E-state index contributed by atoms with van der Waals surface area (Å²) in [5.41, 5.74) is 4.15. The van der Waals surface area contributed by atoms with Gasteiger partial charge in [0.1, 0.15) is 18.1 Å². The van der Waals surface area contributed by atoms with E-state index in [-0.39, 0.29) is 11.7 Å². The molecule has 1 aliphatic heterocycles. The molecule has 1 fully saturated rings. The Labute approximate surface area is 196 Å². The van der Waals surface area contributed by atoms with Crippen molar-refractivity contribution in [1.29, 1.82) is 0 Å². The maximum Gasteiger partial charge on any atom is 0.262 e. The van der Waals surface area contributed by atoms with Gasteiger partial charge in [0.2, 0.25) is 0 Å². The zero-order valence-electron chi connectivity index (χ0n) is 19.5. The molecular weight excluding hydrogens is 412 g/mol. The molecule has 1 saturated heterocycles. The van der Waals surface area contributed by atoms with Crippen LogP contribution in [0.15, 0.2) is 66.7 Å². The Bertz CT molecular complexity index is 1050. The van der Waals surface area contributed by atoms with Gasteiger partial charge in [-0.2, -0.15) is 0 Å². The molecule has 1 amide bonds. The van der Waals surface area contributed by atoms with E-state index in [1.54, 1.807) is 29.2 Å². The summed E-state index contributed by atoms with van der Waals surface area (Å²) < 4.78 is 5.96. The lowest BCUT2D eigenvalue weighted by atomic mass is 10.1. The minimum absolute atomic E-state index is 0.119. The number of likely N-dealkylation sites (tertiary alicyclic amines) is 1. The van der Waals surface area contributed by atoms with Crippen LogP contribution in [0.3, 0.4) is 0 Å². The van der Waals surface area contributed by atoms with E-state index in [9.17, 15) is 9.90 Å². The third-order valence-electron chi connectivity index (χ3n) is 6.00. The summed E-state index contributed by atoms with van der Waals surface area (Å²) in [6, 6.07) is 20.2. The monoisotopic (exact) mass is 444 g/mol. The van der Waals surface area contributed by atoms with E-state index < -0.39 is 0 Å². The molecule has 5 nitrogen and oxygen atoms in total. The van der Waals surface area contributed by atoms with Crippen molar-refractivity contribution < 1.29 is 14.6 Å². The van der Waals surface area contributed by atoms with Crippen molar-refractivity contribution in [3.8, 4) is 11.5 Å². The molecule has 0 atom stereocenters. The van der Waals surface area contributed by atoms with Crippen molar-refractivity contribution >= 4 is 17.3 Å². The third-order valence-corrected chi connectivity index (χ3v) is 6.00. The summed E-state index contributed by atoms with van der Waals surface area (Å²) in [6.45, 7) is 7.89. The van der Waals surface area contributed by atoms with E-state index in [4.69, 9.17) is 4.74 Å². The predicted molar refractivity (Wildman–Crippen MR) is 133 cm³/mol. The number of anilines is 2. The van der Waals surface area contributed by atoms with Gasteiger partial charge in [0.25, 0.3) is 5.91 Å². The molecule has 3 aromatic carbocycles. The maximum absolute atomic E-state index is 13.6. The number of aromatic hydroxyl groups is 1. The van der Waals surface area contributed by atoms with Gasteiger partial charge >= 0.3 is 0 Å². The van der Waals surface area contributed by atoms with Crippen LogP contribution < -0.4 is 9.64 Å². The smallest absolute Gasteiger partial charge is 0.262 e. The molecule has 3 aromatic rings. The highest BCUT2D eigenvalue weighted by Gasteiger charge is 2.21. The number of hydrogen-bond donors (Lipinski definition) is 1. The summed E-state index contributed by atoms with van der Waals surface area (Å²) in [7, 11) is 0. The number of nitrogens with zero attached hydrogens (tertiary/aromatic N) is 2. The topological polar surface area (TPSA) is 53.0 Å². The van der Waals surface area contributed by atoms with Crippen molar-refractivity contribution in [2.24, 2.45) is 0 Å². The number of carbonyl (C=O) groups is 1. The molecule has 0 aliphatic carbocycles. The van der Waals surface area contributed by atoms with E-state index in [1.807, 2.05) is 50.2 Å². The number of phenols is 1. The van der Waals surface area contributed by atoms with E-state index in [0.29, 0.717) is 17.9 Å². The third kappa shape index (κ3) is 5.93. The average Bonchev–Trinajstić information content (AvgIpc) is 2.81. The van der Waals surface area contributed by atoms with E-state index in [0.717, 1.165) is 42.2 Å². The molecule has 5 heteroatoms. The van der Waals surface area contributed by atoms with E-state index in [2.05, 4.69) is 11.0 Å². The number of rotatable bonds is 7. The largest absolute Gasteiger partial charge is 0.508 e. The Morgan fingerprint density at radius 2 is 1.45 bits per heavy atom. The number of carbonyl (C=O) groups excluding carboxylic acids is 1.